The summed E-state index contributed by atoms with van der Waals surface area (Å²) in [6.07, 6.45) is 2.38. The van der Waals surface area contributed by atoms with Crippen molar-refractivity contribution in [3.8, 4) is 0 Å². The van der Waals surface area contributed by atoms with Crippen molar-refractivity contribution in [1.82, 2.24) is 4.90 Å². The van der Waals surface area contributed by atoms with E-state index >= 15 is 0 Å². The van der Waals surface area contributed by atoms with Crippen LogP contribution >= 0.6 is 0 Å². The Kier molecular flexibility index (Phi) is 3.52. The van der Waals surface area contributed by atoms with Gasteiger partial charge in [-0.3, -0.25) is 9.59 Å². The molecule has 1 amide bonds. The van der Waals surface area contributed by atoms with Gasteiger partial charge in [0.1, 0.15) is 0 Å². The molecule has 2 saturated heterocycles. The molecule has 0 atom stereocenters. The van der Waals surface area contributed by atoms with Gasteiger partial charge in [-0.15, -0.1) is 0 Å². The van der Waals surface area contributed by atoms with Crippen LogP contribution < -0.4 is 0 Å². The van der Waals surface area contributed by atoms with E-state index in [0.717, 1.165) is 25.8 Å². The highest BCUT2D eigenvalue weighted by Crippen LogP contribution is 2.28. The van der Waals surface area contributed by atoms with Crippen LogP contribution in [0.1, 0.15) is 33.1 Å². The van der Waals surface area contributed by atoms with Crippen molar-refractivity contribution in [2.75, 3.05) is 26.3 Å². The SMILES string of the molecule is CC1(C)CCN(C(=O)C2CCOCC2)CC1=O. The topological polar surface area (TPSA) is 46.6 Å². The lowest BCUT2D eigenvalue weighted by atomic mass is 9.81. The average Bonchev–Trinajstić information content (AvgIpc) is 2.33. The number of hydrogen-bond acceptors (Lipinski definition) is 3. The molecule has 0 radical (unpaired) electrons. The largest absolute Gasteiger partial charge is 0.381 e. The summed E-state index contributed by atoms with van der Waals surface area (Å²) in [5.41, 5.74) is -0.257. The first kappa shape index (κ1) is 12.6. The van der Waals surface area contributed by atoms with Crippen LogP contribution in [0.5, 0.6) is 0 Å². The Hall–Kier alpha value is -0.900. The third kappa shape index (κ3) is 2.68. The summed E-state index contributed by atoms with van der Waals surface area (Å²) >= 11 is 0. The lowest BCUT2D eigenvalue weighted by molar-refractivity contribution is -0.147. The second-order valence-corrected chi connectivity index (χ2v) is 5.70. The van der Waals surface area contributed by atoms with Crippen molar-refractivity contribution in [3.05, 3.63) is 0 Å². The molecule has 4 nitrogen and oxygen atoms in total. The van der Waals surface area contributed by atoms with Crippen molar-refractivity contribution in [2.24, 2.45) is 11.3 Å². The highest BCUT2D eigenvalue weighted by Gasteiger charge is 2.37. The number of hydrogen-bond donors (Lipinski definition) is 0. The molecule has 17 heavy (non-hydrogen) atoms. The van der Waals surface area contributed by atoms with Crippen LogP contribution in [0.2, 0.25) is 0 Å². The molecular formula is C13H21NO3. The predicted molar refractivity (Wildman–Crippen MR) is 63.5 cm³/mol. The van der Waals surface area contributed by atoms with Gasteiger partial charge in [-0.1, -0.05) is 13.8 Å². The Morgan fingerprint density at radius 2 is 2.00 bits per heavy atom. The molecule has 2 fully saturated rings. The van der Waals surface area contributed by atoms with Gasteiger partial charge in [-0.2, -0.15) is 0 Å². The Morgan fingerprint density at radius 1 is 1.35 bits per heavy atom. The first-order chi connectivity index (χ1) is 8.00. The van der Waals surface area contributed by atoms with Gasteiger partial charge in [-0.25, -0.2) is 0 Å². The number of ketones is 1. The lowest BCUT2D eigenvalue weighted by Crippen LogP contribution is -2.50. The van der Waals surface area contributed by atoms with Crippen LogP contribution in [-0.4, -0.2) is 42.9 Å². The number of carbonyl (C=O) groups is 2. The Balaban J connectivity index is 1.95. The Morgan fingerprint density at radius 3 is 2.59 bits per heavy atom. The van der Waals surface area contributed by atoms with Gasteiger partial charge < -0.3 is 9.64 Å². The van der Waals surface area contributed by atoms with E-state index < -0.39 is 0 Å². The zero-order valence-corrected chi connectivity index (χ0v) is 10.7. The summed E-state index contributed by atoms with van der Waals surface area (Å²) in [6, 6.07) is 0. The van der Waals surface area contributed by atoms with E-state index in [0.29, 0.717) is 19.8 Å². The second-order valence-electron chi connectivity index (χ2n) is 5.70. The summed E-state index contributed by atoms with van der Waals surface area (Å²) in [7, 11) is 0. The van der Waals surface area contributed by atoms with Gasteiger partial charge >= 0.3 is 0 Å². The molecule has 0 spiro atoms. The average molecular weight is 239 g/mol. The smallest absolute Gasteiger partial charge is 0.226 e. The molecule has 2 aliphatic rings. The van der Waals surface area contributed by atoms with Gasteiger partial charge in [0.25, 0.3) is 0 Å². The maximum atomic E-state index is 12.2. The molecule has 0 aromatic rings. The number of nitrogens with zero attached hydrogens (tertiary/aromatic N) is 1. The monoisotopic (exact) mass is 239 g/mol. The number of Topliss-reactive ketones (excluding diaryl/α,β-unsaturated/α-hetero) is 1. The number of piperidine rings is 1. The summed E-state index contributed by atoms with van der Waals surface area (Å²) in [6.45, 7) is 6.28. The minimum atomic E-state index is -0.257. The van der Waals surface area contributed by atoms with Gasteiger partial charge in [0.15, 0.2) is 5.78 Å². The quantitative estimate of drug-likeness (QED) is 0.691. The molecule has 96 valence electrons. The van der Waals surface area contributed by atoms with Crippen molar-refractivity contribution in [1.29, 1.82) is 0 Å². The number of rotatable bonds is 1. The summed E-state index contributed by atoms with van der Waals surface area (Å²) in [4.78, 5) is 25.9. The predicted octanol–water partition coefficient (Wildman–Crippen LogP) is 1.24. The zero-order chi connectivity index (χ0) is 12.5. The zero-order valence-electron chi connectivity index (χ0n) is 10.7. The molecule has 0 unspecified atom stereocenters. The Bertz CT molecular complexity index is 319. The molecule has 0 saturated carbocycles. The van der Waals surface area contributed by atoms with Crippen LogP contribution in [0.3, 0.4) is 0 Å². The molecule has 2 aliphatic heterocycles. The molecule has 0 N–H and O–H groups in total. The van der Waals surface area contributed by atoms with Crippen molar-refractivity contribution in [3.63, 3.8) is 0 Å². The number of carbonyl (C=O) groups excluding carboxylic acids is 2. The Labute approximate surface area is 102 Å². The normalized spacial score (nSPS) is 26.0. The molecule has 2 heterocycles. The molecule has 0 aromatic carbocycles. The minimum absolute atomic E-state index is 0.0674. The fourth-order valence-electron chi connectivity index (χ4n) is 2.41. The molecule has 0 aromatic heterocycles. The van der Waals surface area contributed by atoms with Crippen LogP contribution in [-0.2, 0) is 14.3 Å². The first-order valence-corrected chi connectivity index (χ1v) is 6.40. The fraction of sp³-hybridized carbons (Fsp3) is 0.846. The lowest BCUT2D eigenvalue weighted by Gasteiger charge is -2.37. The fourth-order valence-corrected chi connectivity index (χ4v) is 2.41. The molecule has 4 heteroatoms. The van der Waals surface area contributed by atoms with Crippen LogP contribution in [0.15, 0.2) is 0 Å². The molecular weight excluding hydrogens is 218 g/mol. The van der Waals surface area contributed by atoms with Gasteiger partial charge in [-0.05, 0) is 19.3 Å². The van der Waals surface area contributed by atoms with Crippen LogP contribution in [0.4, 0.5) is 0 Å². The third-order valence-corrected chi connectivity index (χ3v) is 3.98. The first-order valence-electron chi connectivity index (χ1n) is 6.40. The summed E-state index contributed by atoms with van der Waals surface area (Å²) in [5, 5.41) is 0. The van der Waals surface area contributed by atoms with E-state index in [1.54, 1.807) is 4.90 Å². The van der Waals surface area contributed by atoms with E-state index in [9.17, 15) is 9.59 Å². The summed E-state index contributed by atoms with van der Waals surface area (Å²) < 4.78 is 5.25. The second kappa shape index (κ2) is 4.77. The molecule has 2 rings (SSSR count). The van der Waals surface area contributed by atoms with Crippen LogP contribution in [0, 0.1) is 11.3 Å². The summed E-state index contributed by atoms with van der Waals surface area (Å²) in [5.74, 6) is 0.402. The van der Waals surface area contributed by atoms with E-state index in [1.165, 1.54) is 0 Å². The van der Waals surface area contributed by atoms with Gasteiger partial charge in [0, 0.05) is 31.1 Å². The highest BCUT2D eigenvalue weighted by molar-refractivity contribution is 5.91. The maximum absolute atomic E-state index is 12.2. The highest BCUT2D eigenvalue weighted by atomic mass is 16.5. The van der Waals surface area contributed by atoms with E-state index in [-0.39, 0.29) is 23.0 Å². The van der Waals surface area contributed by atoms with Crippen molar-refractivity contribution in [2.45, 2.75) is 33.1 Å². The number of likely N-dealkylation sites (tertiary alicyclic amines) is 1. The maximum Gasteiger partial charge on any atom is 0.226 e. The standard InChI is InChI=1S/C13H21NO3/c1-13(2)5-6-14(9-11(13)15)12(16)10-3-7-17-8-4-10/h10H,3-9H2,1-2H3. The van der Waals surface area contributed by atoms with E-state index in [2.05, 4.69) is 0 Å². The van der Waals surface area contributed by atoms with E-state index in [1.807, 2.05) is 13.8 Å². The van der Waals surface area contributed by atoms with Crippen molar-refractivity contribution < 1.29 is 14.3 Å². The minimum Gasteiger partial charge on any atom is -0.381 e. The van der Waals surface area contributed by atoms with Gasteiger partial charge in [0.05, 0.1) is 6.54 Å². The molecule has 0 bridgehead atoms. The van der Waals surface area contributed by atoms with Gasteiger partial charge in [0.2, 0.25) is 5.91 Å². The number of ether oxygens (including phenoxy) is 1. The van der Waals surface area contributed by atoms with E-state index in [4.69, 9.17) is 4.74 Å². The van der Waals surface area contributed by atoms with Crippen molar-refractivity contribution >= 4 is 11.7 Å². The molecule has 0 aliphatic carbocycles. The number of amides is 1. The van der Waals surface area contributed by atoms with Crippen LogP contribution in [0.25, 0.3) is 0 Å². The third-order valence-electron chi connectivity index (χ3n) is 3.98.